The Kier molecular flexibility index (Phi) is 2.52. The van der Waals surface area contributed by atoms with Crippen molar-refractivity contribution in [1.82, 2.24) is 5.16 Å². The maximum atomic E-state index is 8.61. The third-order valence-electron chi connectivity index (χ3n) is 3.00. The first-order valence-electron chi connectivity index (χ1n) is 5.89. The molecule has 4 nitrogen and oxygen atoms in total. The van der Waals surface area contributed by atoms with Crippen LogP contribution in [0.25, 0.3) is 11.3 Å². The molecule has 1 atom stereocenters. The van der Waals surface area contributed by atoms with Gasteiger partial charge in [0.1, 0.15) is 11.9 Å². The lowest BCUT2D eigenvalue weighted by molar-refractivity contribution is 0.254. The fourth-order valence-corrected chi connectivity index (χ4v) is 2.19. The highest BCUT2D eigenvalue weighted by Gasteiger charge is 2.20. The molecular weight excluding hydrogens is 228 g/mol. The van der Waals surface area contributed by atoms with Crippen molar-refractivity contribution in [3.05, 3.63) is 35.5 Å². The van der Waals surface area contributed by atoms with Gasteiger partial charge in [0.05, 0.1) is 18.2 Å². The van der Waals surface area contributed by atoms with Crippen LogP contribution in [-0.2, 0) is 12.8 Å². The fraction of sp³-hybridized carbons (Fsp3) is 0.286. The Balaban J connectivity index is 1.93. The van der Waals surface area contributed by atoms with Gasteiger partial charge in [-0.05, 0) is 30.7 Å². The van der Waals surface area contributed by atoms with Gasteiger partial charge in [0.15, 0.2) is 5.76 Å². The number of rotatable bonds is 2. The van der Waals surface area contributed by atoms with Gasteiger partial charge in [-0.3, -0.25) is 0 Å². The van der Waals surface area contributed by atoms with Gasteiger partial charge < -0.3 is 9.26 Å². The Morgan fingerprint density at radius 1 is 1.44 bits per heavy atom. The molecular formula is C14H12N2O2. The predicted octanol–water partition coefficient (Wildman–Crippen LogP) is 2.73. The van der Waals surface area contributed by atoms with Crippen LogP contribution in [-0.4, -0.2) is 11.3 Å². The second-order valence-corrected chi connectivity index (χ2v) is 4.47. The van der Waals surface area contributed by atoms with Crippen molar-refractivity contribution in [3.63, 3.8) is 0 Å². The molecule has 18 heavy (non-hydrogen) atoms. The first-order valence-corrected chi connectivity index (χ1v) is 5.89. The summed E-state index contributed by atoms with van der Waals surface area (Å²) in [6.45, 7) is 2.05. The largest absolute Gasteiger partial charge is 0.490 e. The van der Waals surface area contributed by atoms with E-state index < -0.39 is 0 Å². The van der Waals surface area contributed by atoms with E-state index >= 15 is 0 Å². The molecule has 0 radical (unpaired) electrons. The molecule has 2 aromatic rings. The summed E-state index contributed by atoms with van der Waals surface area (Å²) in [5.41, 5.74) is 2.83. The monoisotopic (exact) mass is 240 g/mol. The minimum absolute atomic E-state index is 0.235. The van der Waals surface area contributed by atoms with E-state index in [-0.39, 0.29) is 12.5 Å². The van der Waals surface area contributed by atoms with Gasteiger partial charge in [-0.15, -0.1) is 0 Å². The standard InChI is InChI=1S/C14H12N2O2/c1-9-6-11-7-10(2-3-13(11)17-9)14-8-12(4-5-15)16-18-14/h2-3,7-9H,4,6H2,1H3. The number of ether oxygens (including phenoxy) is 1. The molecule has 2 heterocycles. The lowest BCUT2D eigenvalue weighted by atomic mass is 10.1. The Morgan fingerprint density at radius 3 is 3.17 bits per heavy atom. The summed E-state index contributed by atoms with van der Waals surface area (Å²) in [6, 6.07) is 9.84. The maximum absolute atomic E-state index is 8.61. The van der Waals surface area contributed by atoms with Gasteiger partial charge in [0.25, 0.3) is 0 Å². The summed E-state index contributed by atoms with van der Waals surface area (Å²) < 4.78 is 10.9. The topological polar surface area (TPSA) is 59.0 Å². The molecule has 1 aliphatic heterocycles. The average Bonchev–Trinajstić information content (AvgIpc) is 2.93. The van der Waals surface area contributed by atoms with Gasteiger partial charge >= 0.3 is 0 Å². The molecule has 1 aromatic carbocycles. The molecule has 0 saturated carbocycles. The molecule has 0 fully saturated rings. The van der Waals surface area contributed by atoms with E-state index in [1.807, 2.05) is 18.2 Å². The predicted molar refractivity (Wildman–Crippen MR) is 65.1 cm³/mol. The van der Waals surface area contributed by atoms with Crippen molar-refractivity contribution in [2.24, 2.45) is 0 Å². The van der Waals surface area contributed by atoms with Crippen molar-refractivity contribution in [1.29, 1.82) is 5.26 Å². The molecule has 1 unspecified atom stereocenters. The van der Waals surface area contributed by atoms with Gasteiger partial charge in [0.2, 0.25) is 0 Å². The lowest BCUT2D eigenvalue weighted by Gasteiger charge is -2.02. The summed E-state index contributed by atoms with van der Waals surface area (Å²) in [6.07, 6.45) is 1.43. The van der Waals surface area contributed by atoms with Crippen molar-refractivity contribution >= 4 is 0 Å². The normalized spacial score (nSPS) is 17.0. The number of nitriles is 1. The molecule has 4 heteroatoms. The Labute approximate surface area is 105 Å². The first-order chi connectivity index (χ1) is 8.76. The van der Waals surface area contributed by atoms with Crippen molar-refractivity contribution in [2.75, 3.05) is 0 Å². The van der Waals surface area contributed by atoms with E-state index in [0.29, 0.717) is 11.5 Å². The molecule has 0 saturated heterocycles. The molecule has 0 N–H and O–H groups in total. The molecule has 1 aromatic heterocycles. The molecule has 90 valence electrons. The summed E-state index contributed by atoms with van der Waals surface area (Å²) in [7, 11) is 0. The number of benzene rings is 1. The highest BCUT2D eigenvalue weighted by Crippen LogP contribution is 2.32. The second kappa shape index (κ2) is 4.19. The molecule has 0 bridgehead atoms. The van der Waals surface area contributed by atoms with Crippen LogP contribution in [0.4, 0.5) is 0 Å². The van der Waals surface area contributed by atoms with Gasteiger partial charge in [-0.1, -0.05) is 5.16 Å². The second-order valence-electron chi connectivity index (χ2n) is 4.47. The lowest BCUT2D eigenvalue weighted by Crippen LogP contribution is -2.05. The smallest absolute Gasteiger partial charge is 0.167 e. The molecule has 3 rings (SSSR count). The van der Waals surface area contributed by atoms with Crippen LogP contribution in [0.15, 0.2) is 28.8 Å². The highest BCUT2D eigenvalue weighted by atomic mass is 16.5. The third kappa shape index (κ3) is 1.84. The molecule has 1 aliphatic rings. The van der Waals surface area contributed by atoms with E-state index in [1.165, 1.54) is 5.56 Å². The minimum atomic E-state index is 0.235. The van der Waals surface area contributed by atoms with Crippen LogP contribution in [0.5, 0.6) is 5.75 Å². The third-order valence-corrected chi connectivity index (χ3v) is 3.00. The zero-order valence-corrected chi connectivity index (χ0v) is 10.0. The molecule has 0 aliphatic carbocycles. The van der Waals surface area contributed by atoms with Crippen LogP contribution in [0.1, 0.15) is 18.2 Å². The number of aromatic nitrogens is 1. The number of nitrogens with zero attached hydrogens (tertiary/aromatic N) is 2. The van der Waals surface area contributed by atoms with E-state index in [1.54, 1.807) is 0 Å². The van der Waals surface area contributed by atoms with Crippen molar-refractivity contribution in [2.45, 2.75) is 25.9 Å². The average molecular weight is 240 g/mol. The van der Waals surface area contributed by atoms with Crippen LogP contribution in [0, 0.1) is 11.3 Å². The van der Waals surface area contributed by atoms with Gasteiger partial charge in [-0.2, -0.15) is 5.26 Å². The summed E-state index contributed by atoms with van der Waals surface area (Å²) in [5.74, 6) is 1.64. The van der Waals surface area contributed by atoms with Crippen LogP contribution >= 0.6 is 0 Å². The summed E-state index contributed by atoms with van der Waals surface area (Å²) in [5, 5.41) is 12.5. The molecule has 0 amide bonds. The Bertz CT molecular complexity index is 625. The van der Waals surface area contributed by atoms with Gasteiger partial charge in [0, 0.05) is 18.1 Å². The zero-order chi connectivity index (χ0) is 12.5. The van der Waals surface area contributed by atoms with E-state index in [0.717, 1.165) is 17.7 Å². The van der Waals surface area contributed by atoms with Crippen molar-refractivity contribution in [3.8, 4) is 23.1 Å². The Hall–Kier alpha value is -2.28. The maximum Gasteiger partial charge on any atom is 0.167 e. The highest BCUT2D eigenvalue weighted by molar-refractivity contribution is 5.61. The summed E-state index contributed by atoms with van der Waals surface area (Å²) in [4.78, 5) is 0. The fourth-order valence-electron chi connectivity index (χ4n) is 2.19. The van der Waals surface area contributed by atoms with E-state index in [4.69, 9.17) is 14.5 Å². The number of hydrogen-bond acceptors (Lipinski definition) is 4. The van der Waals surface area contributed by atoms with E-state index in [2.05, 4.69) is 24.2 Å². The molecule has 0 spiro atoms. The quantitative estimate of drug-likeness (QED) is 0.809. The van der Waals surface area contributed by atoms with E-state index in [9.17, 15) is 0 Å². The number of fused-ring (bicyclic) bond motifs is 1. The number of hydrogen-bond donors (Lipinski definition) is 0. The zero-order valence-electron chi connectivity index (χ0n) is 10.0. The first kappa shape index (κ1) is 10.8. The van der Waals surface area contributed by atoms with Crippen LogP contribution in [0.3, 0.4) is 0 Å². The van der Waals surface area contributed by atoms with Crippen LogP contribution in [0.2, 0.25) is 0 Å². The Morgan fingerprint density at radius 2 is 2.33 bits per heavy atom. The van der Waals surface area contributed by atoms with Gasteiger partial charge in [-0.25, -0.2) is 0 Å². The SMILES string of the molecule is CC1Cc2cc(-c3cc(CC#N)no3)ccc2O1. The van der Waals surface area contributed by atoms with Crippen LogP contribution < -0.4 is 4.74 Å². The van der Waals surface area contributed by atoms with Crippen molar-refractivity contribution < 1.29 is 9.26 Å². The summed E-state index contributed by atoms with van der Waals surface area (Å²) >= 11 is 0. The minimum Gasteiger partial charge on any atom is -0.490 e.